The Labute approximate surface area is 190 Å². The molecule has 2 N–H and O–H groups in total. The van der Waals surface area contributed by atoms with Gasteiger partial charge in [0.2, 0.25) is 5.91 Å². The fraction of sp³-hybridized carbons (Fsp3) is 0.619. The Kier molecular flexibility index (Phi) is 9.40. The zero-order valence-electron chi connectivity index (χ0n) is 16.9. The van der Waals surface area contributed by atoms with Crippen LogP contribution in [0, 0.1) is 0 Å². The van der Waals surface area contributed by atoms with E-state index in [0.29, 0.717) is 6.42 Å². The lowest BCUT2D eigenvalue weighted by Crippen LogP contribution is -2.52. The number of aliphatic imine (C=N–C) groups is 1. The Balaban J connectivity index is 0.00000280. The summed E-state index contributed by atoms with van der Waals surface area (Å²) < 4.78 is 0.197. The van der Waals surface area contributed by atoms with Gasteiger partial charge in [-0.1, -0.05) is 31.0 Å². The fourth-order valence-electron chi connectivity index (χ4n) is 3.92. The summed E-state index contributed by atoms with van der Waals surface area (Å²) in [6, 6.07) is 11.0. The Bertz CT molecular complexity index is 649. The van der Waals surface area contributed by atoms with E-state index in [2.05, 4.69) is 47.9 Å². The van der Waals surface area contributed by atoms with Crippen LogP contribution in [0.3, 0.4) is 0 Å². The molecule has 0 aromatic heterocycles. The van der Waals surface area contributed by atoms with Gasteiger partial charge < -0.3 is 15.5 Å². The van der Waals surface area contributed by atoms with Crippen LogP contribution in [0.5, 0.6) is 0 Å². The molecule has 0 radical (unpaired) electrons. The van der Waals surface area contributed by atoms with Gasteiger partial charge in [0.25, 0.3) is 0 Å². The lowest BCUT2D eigenvalue weighted by molar-refractivity contribution is -0.132. The maximum Gasteiger partial charge on any atom is 0.222 e. The lowest BCUT2D eigenvalue weighted by atomic mass is 10.1. The summed E-state index contributed by atoms with van der Waals surface area (Å²) in [4.78, 5) is 19.8. The summed E-state index contributed by atoms with van der Waals surface area (Å²) in [6.45, 7) is 4.50. The average molecular weight is 516 g/mol. The molecule has 1 aliphatic carbocycles. The Morgan fingerprint density at radius 2 is 2.00 bits per heavy atom. The molecule has 2 aliphatic rings. The van der Waals surface area contributed by atoms with Crippen LogP contribution >= 0.6 is 35.7 Å². The number of hydrogen-bond donors (Lipinski definition) is 2. The van der Waals surface area contributed by atoms with Crippen LogP contribution in [0.1, 0.15) is 45.4 Å². The maximum atomic E-state index is 11.7. The molecule has 1 aromatic carbocycles. The minimum Gasteiger partial charge on any atom is -0.357 e. The third-order valence-electron chi connectivity index (χ3n) is 5.43. The van der Waals surface area contributed by atoms with Crippen molar-refractivity contribution >= 4 is 47.6 Å². The highest BCUT2D eigenvalue weighted by Gasteiger charge is 2.35. The van der Waals surface area contributed by atoms with Crippen LogP contribution in [0.25, 0.3) is 0 Å². The molecule has 3 rings (SSSR count). The van der Waals surface area contributed by atoms with E-state index in [-0.39, 0.29) is 40.7 Å². The molecule has 7 heteroatoms. The number of carbonyl (C=O) groups excluding carboxylic acids is 1. The number of guanidine groups is 1. The molecular weight excluding hydrogens is 483 g/mol. The fourth-order valence-corrected chi connectivity index (χ4v) is 5.33. The van der Waals surface area contributed by atoms with Crippen molar-refractivity contribution in [2.45, 2.75) is 61.1 Å². The van der Waals surface area contributed by atoms with Crippen LogP contribution in [0.4, 0.5) is 0 Å². The van der Waals surface area contributed by atoms with Crippen LogP contribution in [0.15, 0.2) is 40.2 Å². The number of piperidine rings is 1. The molecule has 1 aliphatic heterocycles. The first kappa shape index (κ1) is 23.3. The van der Waals surface area contributed by atoms with Gasteiger partial charge in [0.1, 0.15) is 0 Å². The third kappa shape index (κ3) is 6.54. The van der Waals surface area contributed by atoms with Crippen molar-refractivity contribution in [1.29, 1.82) is 0 Å². The van der Waals surface area contributed by atoms with E-state index in [4.69, 9.17) is 4.99 Å². The standard InChI is InChI=1S/C21H32N4OS.HI/c1-3-22-20(24-17-11-12-19(26)25(2)15-17)23-16-21(13-7-8-14-21)27-18-9-5-4-6-10-18;/h4-6,9-10,17H,3,7-8,11-16H2,1-2H3,(H2,22,23,24);1H. The highest BCUT2D eigenvalue weighted by molar-refractivity contribution is 14.0. The zero-order valence-corrected chi connectivity index (χ0v) is 20.1. The Hall–Kier alpha value is -0.960. The molecule has 28 heavy (non-hydrogen) atoms. The van der Waals surface area contributed by atoms with Crippen LogP contribution in [-0.4, -0.2) is 54.2 Å². The van der Waals surface area contributed by atoms with Crippen molar-refractivity contribution in [1.82, 2.24) is 15.5 Å². The van der Waals surface area contributed by atoms with Crippen molar-refractivity contribution < 1.29 is 4.79 Å². The predicted molar refractivity (Wildman–Crippen MR) is 129 cm³/mol. The van der Waals surface area contributed by atoms with Gasteiger partial charge in [-0.15, -0.1) is 35.7 Å². The molecule has 1 aromatic rings. The van der Waals surface area contributed by atoms with Crippen LogP contribution < -0.4 is 10.6 Å². The second-order valence-electron chi connectivity index (χ2n) is 7.65. The lowest BCUT2D eigenvalue weighted by Gasteiger charge is -2.32. The number of carbonyl (C=O) groups is 1. The van der Waals surface area contributed by atoms with Gasteiger partial charge in [0.15, 0.2) is 5.96 Å². The van der Waals surface area contributed by atoms with E-state index < -0.39 is 0 Å². The van der Waals surface area contributed by atoms with E-state index in [1.807, 2.05) is 23.7 Å². The minimum atomic E-state index is 0. The number of likely N-dealkylation sites (N-methyl/N-ethyl adjacent to an activating group) is 1. The Morgan fingerprint density at radius 1 is 1.29 bits per heavy atom. The van der Waals surface area contributed by atoms with E-state index in [0.717, 1.165) is 32.0 Å². The summed E-state index contributed by atoms with van der Waals surface area (Å²) in [7, 11) is 1.88. The molecule has 1 heterocycles. The molecule has 156 valence electrons. The predicted octanol–water partition coefficient (Wildman–Crippen LogP) is 3.89. The normalized spacial score (nSPS) is 21.9. The number of hydrogen-bond acceptors (Lipinski definition) is 3. The highest BCUT2D eigenvalue weighted by atomic mass is 127. The third-order valence-corrected chi connectivity index (χ3v) is 6.91. The summed E-state index contributed by atoms with van der Waals surface area (Å²) >= 11 is 1.99. The maximum absolute atomic E-state index is 11.7. The number of halogens is 1. The Morgan fingerprint density at radius 3 is 2.64 bits per heavy atom. The molecule has 0 bridgehead atoms. The average Bonchev–Trinajstić information content (AvgIpc) is 3.12. The summed E-state index contributed by atoms with van der Waals surface area (Å²) in [6.07, 6.45) is 6.49. The summed E-state index contributed by atoms with van der Waals surface area (Å²) in [5.41, 5.74) is 0. The number of amides is 1. The van der Waals surface area contributed by atoms with Crippen molar-refractivity contribution in [3.63, 3.8) is 0 Å². The first-order valence-corrected chi connectivity index (χ1v) is 10.9. The minimum absolute atomic E-state index is 0. The van der Waals surface area contributed by atoms with E-state index in [1.54, 1.807) is 0 Å². The van der Waals surface area contributed by atoms with Gasteiger partial charge in [-0.25, -0.2) is 0 Å². The van der Waals surface area contributed by atoms with Crippen LogP contribution in [-0.2, 0) is 4.79 Å². The van der Waals surface area contributed by atoms with Crippen molar-refractivity contribution in [2.24, 2.45) is 4.99 Å². The molecular formula is C21H33IN4OS. The van der Waals surface area contributed by atoms with Gasteiger partial charge in [0, 0.05) is 42.2 Å². The molecule has 2 fully saturated rings. The van der Waals surface area contributed by atoms with Crippen molar-refractivity contribution in [2.75, 3.05) is 26.7 Å². The van der Waals surface area contributed by atoms with Crippen LogP contribution in [0.2, 0.25) is 0 Å². The summed E-state index contributed by atoms with van der Waals surface area (Å²) in [5.74, 6) is 1.12. The smallest absolute Gasteiger partial charge is 0.222 e. The van der Waals surface area contributed by atoms with Crippen molar-refractivity contribution in [3.05, 3.63) is 30.3 Å². The highest BCUT2D eigenvalue weighted by Crippen LogP contribution is 2.45. The topological polar surface area (TPSA) is 56.7 Å². The number of nitrogens with zero attached hydrogens (tertiary/aromatic N) is 2. The SMILES string of the molecule is CCNC(=NCC1(Sc2ccccc2)CCCC1)NC1CCC(=O)N(C)C1.I. The second kappa shape index (κ2) is 11.3. The van der Waals surface area contributed by atoms with Gasteiger partial charge in [-0.2, -0.15) is 0 Å². The van der Waals surface area contributed by atoms with E-state index in [9.17, 15) is 4.79 Å². The second-order valence-corrected chi connectivity index (χ2v) is 9.20. The van der Waals surface area contributed by atoms with Gasteiger partial charge >= 0.3 is 0 Å². The molecule has 1 saturated carbocycles. The van der Waals surface area contributed by atoms with E-state index in [1.165, 1.54) is 30.6 Å². The van der Waals surface area contributed by atoms with Gasteiger partial charge in [0.05, 0.1) is 6.54 Å². The first-order chi connectivity index (χ1) is 13.1. The zero-order chi connectivity index (χ0) is 19.1. The van der Waals surface area contributed by atoms with Crippen molar-refractivity contribution in [3.8, 4) is 0 Å². The molecule has 5 nitrogen and oxygen atoms in total. The molecule has 1 saturated heterocycles. The van der Waals surface area contributed by atoms with Gasteiger partial charge in [-0.3, -0.25) is 9.79 Å². The number of nitrogens with one attached hydrogen (secondary N) is 2. The number of rotatable bonds is 6. The molecule has 1 atom stereocenters. The number of thioether (sulfide) groups is 1. The first-order valence-electron chi connectivity index (χ1n) is 10.1. The quantitative estimate of drug-likeness (QED) is 0.343. The number of likely N-dealkylation sites (tertiary alicyclic amines) is 1. The number of benzene rings is 1. The molecule has 1 unspecified atom stereocenters. The van der Waals surface area contributed by atoms with E-state index >= 15 is 0 Å². The molecule has 0 spiro atoms. The van der Waals surface area contributed by atoms with Gasteiger partial charge in [-0.05, 0) is 38.3 Å². The largest absolute Gasteiger partial charge is 0.357 e. The summed E-state index contributed by atoms with van der Waals surface area (Å²) in [5, 5.41) is 6.94. The molecule has 1 amide bonds. The monoisotopic (exact) mass is 516 g/mol.